The van der Waals surface area contributed by atoms with Crippen LogP contribution in [0.1, 0.15) is 17.5 Å². The molecule has 2 aliphatic heterocycles. The number of anilines is 1. The summed E-state index contributed by atoms with van der Waals surface area (Å²) in [5.41, 5.74) is 2.84. The number of aryl methyl sites for hydroxylation is 1. The van der Waals surface area contributed by atoms with Crippen LogP contribution in [0.3, 0.4) is 0 Å². The van der Waals surface area contributed by atoms with Gasteiger partial charge in [-0.05, 0) is 36.1 Å². The van der Waals surface area contributed by atoms with Crippen LogP contribution in [0.2, 0.25) is 0 Å². The van der Waals surface area contributed by atoms with Gasteiger partial charge in [-0.25, -0.2) is 13.1 Å². The average Bonchev–Trinajstić information content (AvgIpc) is 2.88. The van der Waals surface area contributed by atoms with Gasteiger partial charge in [-0.2, -0.15) is 0 Å². The highest BCUT2D eigenvalue weighted by atomic mass is 32.2. The van der Waals surface area contributed by atoms with Gasteiger partial charge in [-0.3, -0.25) is 4.79 Å². The molecule has 0 atom stereocenters. The summed E-state index contributed by atoms with van der Waals surface area (Å²) in [6, 6.07) is 3.38. The minimum Gasteiger partial charge on any atom is -0.383 e. The molecule has 21 heavy (non-hydrogen) atoms. The molecular weight excluding hydrogens is 292 g/mol. The largest absolute Gasteiger partial charge is 0.383 e. The Morgan fingerprint density at radius 3 is 2.67 bits per heavy atom. The molecular formula is C14H18N2O4S. The van der Waals surface area contributed by atoms with Gasteiger partial charge < -0.3 is 9.64 Å². The molecule has 1 aromatic rings. The Morgan fingerprint density at radius 2 is 1.95 bits per heavy atom. The summed E-state index contributed by atoms with van der Waals surface area (Å²) < 4.78 is 32.0. The van der Waals surface area contributed by atoms with Crippen LogP contribution in [-0.4, -0.2) is 41.1 Å². The Hall–Kier alpha value is -1.44. The Morgan fingerprint density at radius 1 is 1.24 bits per heavy atom. The summed E-state index contributed by atoms with van der Waals surface area (Å²) in [5, 5.41) is 0. The zero-order valence-corrected chi connectivity index (χ0v) is 12.7. The number of rotatable bonds is 5. The lowest BCUT2D eigenvalue weighted by Crippen LogP contribution is -2.33. The molecule has 0 saturated carbocycles. The number of nitrogens with one attached hydrogen (secondary N) is 1. The highest BCUT2D eigenvalue weighted by Crippen LogP contribution is 2.38. The number of hydrogen-bond acceptors (Lipinski definition) is 4. The molecule has 114 valence electrons. The van der Waals surface area contributed by atoms with Crippen molar-refractivity contribution in [2.45, 2.75) is 24.2 Å². The fourth-order valence-corrected chi connectivity index (χ4v) is 4.06. The SMILES string of the molecule is COCCNS(=O)(=O)c1cc2c3c(c1)CCN3C(=O)CC2. The first-order chi connectivity index (χ1) is 10.0. The van der Waals surface area contributed by atoms with E-state index in [0.29, 0.717) is 26.0 Å². The van der Waals surface area contributed by atoms with E-state index in [1.807, 2.05) is 0 Å². The van der Waals surface area contributed by atoms with Crippen LogP contribution < -0.4 is 9.62 Å². The molecule has 0 bridgehead atoms. The molecule has 1 N–H and O–H groups in total. The monoisotopic (exact) mass is 310 g/mol. The summed E-state index contributed by atoms with van der Waals surface area (Å²) in [6.07, 6.45) is 1.78. The van der Waals surface area contributed by atoms with E-state index in [1.54, 1.807) is 17.0 Å². The second-order valence-electron chi connectivity index (χ2n) is 5.28. The minimum absolute atomic E-state index is 0.134. The topological polar surface area (TPSA) is 75.7 Å². The minimum atomic E-state index is -3.53. The first-order valence-electron chi connectivity index (χ1n) is 6.97. The second-order valence-corrected chi connectivity index (χ2v) is 7.04. The van der Waals surface area contributed by atoms with Crippen molar-refractivity contribution in [1.29, 1.82) is 0 Å². The van der Waals surface area contributed by atoms with E-state index in [2.05, 4.69) is 4.72 Å². The molecule has 0 aromatic heterocycles. The van der Waals surface area contributed by atoms with Crippen LogP contribution in [0.15, 0.2) is 17.0 Å². The Labute approximate surface area is 124 Å². The van der Waals surface area contributed by atoms with Crippen LogP contribution in [0.25, 0.3) is 0 Å². The molecule has 0 unspecified atom stereocenters. The number of carbonyl (C=O) groups excluding carboxylic acids is 1. The third-order valence-electron chi connectivity index (χ3n) is 3.93. The van der Waals surface area contributed by atoms with Crippen molar-refractivity contribution in [3.63, 3.8) is 0 Å². The van der Waals surface area contributed by atoms with E-state index >= 15 is 0 Å². The lowest BCUT2D eigenvalue weighted by molar-refractivity contribution is -0.118. The first-order valence-corrected chi connectivity index (χ1v) is 8.46. The Kier molecular flexibility index (Phi) is 3.73. The van der Waals surface area contributed by atoms with E-state index in [1.165, 1.54) is 7.11 Å². The van der Waals surface area contributed by atoms with Crippen LogP contribution >= 0.6 is 0 Å². The Balaban J connectivity index is 1.95. The zero-order valence-electron chi connectivity index (χ0n) is 11.9. The van der Waals surface area contributed by atoms with Crippen molar-refractivity contribution in [3.05, 3.63) is 23.3 Å². The van der Waals surface area contributed by atoms with Crippen molar-refractivity contribution in [2.75, 3.05) is 31.7 Å². The molecule has 3 rings (SSSR count). The number of hydrogen-bond donors (Lipinski definition) is 1. The second kappa shape index (κ2) is 5.40. The Bertz CT molecular complexity index is 684. The molecule has 1 aromatic carbocycles. The van der Waals surface area contributed by atoms with Gasteiger partial charge in [0.2, 0.25) is 15.9 Å². The van der Waals surface area contributed by atoms with Crippen molar-refractivity contribution in [3.8, 4) is 0 Å². The molecule has 0 aliphatic carbocycles. The lowest BCUT2D eigenvalue weighted by Gasteiger charge is -2.25. The van der Waals surface area contributed by atoms with Gasteiger partial charge in [0.05, 0.1) is 17.2 Å². The third kappa shape index (κ3) is 2.56. The molecule has 0 saturated heterocycles. The highest BCUT2D eigenvalue weighted by Gasteiger charge is 2.32. The zero-order chi connectivity index (χ0) is 15.0. The number of benzene rings is 1. The normalized spacial score (nSPS) is 17.2. The lowest BCUT2D eigenvalue weighted by atomic mass is 10.00. The molecule has 2 heterocycles. The first kappa shape index (κ1) is 14.5. The van der Waals surface area contributed by atoms with E-state index in [4.69, 9.17) is 4.74 Å². The van der Waals surface area contributed by atoms with Gasteiger partial charge in [-0.15, -0.1) is 0 Å². The van der Waals surface area contributed by atoms with Crippen LogP contribution in [-0.2, 0) is 32.4 Å². The molecule has 0 fully saturated rings. The van der Waals surface area contributed by atoms with Gasteiger partial charge in [0, 0.05) is 26.6 Å². The van der Waals surface area contributed by atoms with E-state index in [-0.39, 0.29) is 17.3 Å². The number of sulfonamides is 1. The van der Waals surface area contributed by atoms with Crippen molar-refractivity contribution in [2.24, 2.45) is 0 Å². The number of amides is 1. The van der Waals surface area contributed by atoms with Gasteiger partial charge in [0.15, 0.2) is 0 Å². The van der Waals surface area contributed by atoms with Gasteiger partial charge >= 0.3 is 0 Å². The van der Waals surface area contributed by atoms with Gasteiger partial charge in [-0.1, -0.05) is 0 Å². The quantitative estimate of drug-likeness (QED) is 0.801. The van der Waals surface area contributed by atoms with Gasteiger partial charge in [0.1, 0.15) is 0 Å². The summed E-state index contributed by atoms with van der Waals surface area (Å²) in [4.78, 5) is 13.9. The number of carbonyl (C=O) groups is 1. The molecule has 0 radical (unpaired) electrons. The fourth-order valence-electron chi connectivity index (χ4n) is 2.94. The maximum Gasteiger partial charge on any atom is 0.240 e. The summed E-state index contributed by atoms with van der Waals surface area (Å²) in [5.74, 6) is 0.134. The predicted octanol–water partition coefficient (Wildman–Crippen LogP) is 0.447. The average molecular weight is 310 g/mol. The van der Waals surface area contributed by atoms with E-state index < -0.39 is 10.0 Å². The van der Waals surface area contributed by atoms with Crippen molar-refractivity contribution >= 4 is 21.6 Å². The number of methoxy groups -OCH3 is 1. The molecule has 2 aliphatic rings. The van der Waals surface area contributed by atoms with Crippen molar-refractivity contribution < 1.29 is 17.9 Å². The van der Waals surface area contributed by atoms with Crippen LogP contribution in [0.4, 0.5) is 5.69 Å². The molecule has 0 spiro atoms. The fraction of sp³-hybridized carbons (Fsp3) is 0.500. The predicted molar refractivity (Wildman–Crippen MR) is 77.9 cm³/mol. The maximum absolute atomic E-state index is 12.3. The maximum atomic E-state index is 12.3. The third-order valence-corrected chi connectivity index (χ3v) is 5.37. The van der Waals surface area contributed by atoms with Crippen molar-refractivity contribution in [1.82, 2.24) is 4.72 Å². The molecule has 7 heteroatoms. The summed E-state index contributed by atoms with van der Waals surface area (Å²) >= 11 is 0. The van der Waals surface area contributed by atoms with Crippen LogP contribution in [0, 0.1) is 0 Å². The number of nitrogens with zero attached hydrogens (tertiary/aromatic N) is 1. The van der Waals surface area contributed by atoms with E-state index in [9.17, 15) is 13.2 Å². The van der Waals surface area contributed by atoms with Crippen LogP contribution in [0.5, 0.6) is 0 Å². The summed E-state index contributed by atoms with van der Waals surface area (Å²) in [7, 11) is -2.00. The molecule has 1 amide bonds. The van der Waals surface area contributed by atoms with E-state index in [0.717, 1.165) is 23.2 Å². The highest BCUT2D eigenvalue weighted by molar-refractivity contribution is 7.89. The smallest absolute Gasteiger partial charge is 0.240 e. The summed E-state index contributed by atoms with van der Waals surface area (Å²) in [6.45, 7) is 1.23. The van der Waals surface area contributed by atoms with Gasteiger partial charge in [0.25, 0.3) is 0 Å². The molecule has 6 nitrogen and oxygen atoms in total. The number of ether oxygens (including phenoxy) is 1. The standard InChI is InChI=1S/C14H18N2O4S/c1-20-7-5-15-21(18,19)12-8-10-2-3-13(17)16-6-4-11(9-12)14(10)16/h8-9,15H,2-7H2,1H3.